The van der Waals surface area contributed by atoms with Crippen molar-refractivity contribution in [3.63, 3.8) is 0 Å². The van der Waals surface area contributed by atoms with Crippen LogP contribution in [-0.4, -0.2) is 15.5 Å². The number of carbonyl (C=O) groups is 1. The zero-order chi connectivity index (χ0) is 18.0. The maximum atomic E-state index is 12.8. The van der Waals surface area contributed by atoms with Crippen molar-refractivity contribution in [2.24, 2.45) is 0 Å². The molecule has 1 amide bonds. The van der Waals surface area contributed by atoms with E-state index < -0.39 is 0 Å². The number of hydrogen-bond donors (Lipinski definition) is 1. The van der Waals surface area contributed by atoms with Gasteiger partial charge in [0.2, 0.25) is 0 Å². The van der Waals surface area contributed by atoms with Crippen LogP contribution < -0.4 is 5.32 Å². The summed E-state index contributed by atoms with van der Waals surface area (Å²) in [6, 6.07) is 15.9. The number of aromatic nitrogens is 2. The van der Waals surface area contributed by atoms with E-state index in [4.69, 9.17) is 0 Å². The third-order valence-electron chi connectivity index (χ3n) is 4.58. The lowest BCUT2D eigenvalue weighted by Gasteiger charge is -2.10. The van der Waals surface area contributed by atoms with Crippen molar-refractivity contribution in [2.75, 3.05) is 5.32 Å². The van der Waals surface area contributed by atoms with Gasteiger partial charge in [0.25, 0.3) is 5.91 Å². The van der Waals surface area contributed by atoms with Gasteiger partial charge >= 0.3 is 0 Å². The first-order valence-corrected chi connectivity index (χ1v) is 8.54. The summed E-state index contributed by atoms with van der Waals surface area (Å²) in [6.45, 7) is 8.04. The molecule has 0 aliphatic carbocycles. The van der Waals surface area contributed by atoms with Crippen LogP contribution in [0.2, 0.25) is 0 Å². The number of hydrogen-bond acceptors (Lipinski definition) is 2. The molecule has 0 atom stereocenters. The zero-order valence-corrected chi connectivity index (χ0v) is 15.1. The predicted octanol–water partition coefficient (Wildman–Crippen LogP) is 4.61. The van der Waals surface area contributed by atoms with E-state index in [-0.39, 0.29) is 5.91 Å². The highest BCUT2D eigenvalue weighted by Crippen LogP contribution is 2.22. The Balaban J connectivity index is 1.99. The number of para-hydroxylation sites is 1. The molecule has 3 aromatic rings. The molecule has 128 valence electrons. The number of carbonyl (C=O) groups excluding carboxylic acids is 1. The van der Waals surface area contributed by atoms with Gasteiger partial charge in [-0.1, -0.05) is 37.3 Å². The van der Waals surface area contributed by atoms with E-state index in [0.717, 1.165) is 40.4 Å². The van der Waals surface area contributed by atoms with E-state index in [9.17, 15) is 4.79 Å². The molecule has 0 bridgehead atoms. The average Bonchev–Trinajstić information content (AvgIpc) is 2.96. The highest BCUT2D eigenvalue weighted by Gasteiger charge is 2.20. The molecule has 0 spiro atoms. The number of aryl methyl sites for hydroxylation is 2. The van der Waals surface area contributed by atoms with E-state index >= 15 is 0 Å². The van der Waals surface area contributed by atoms with Crippen molar-refractivity contribution in [3.05, 3.63) is 76.9 Å². The Morgan fingerprint density at radius 2 is 1.76 bits per heavy atom. The van der Waals surface area contributed by atoms with Crippen LogP contribution in [0.15, 0.2) is 48.5 Å². The van der Waals surface area contributed by atoms with Crippen molar-refractivity contribution >= 4 is 11.6 Å². The van der Waals surface area contributed by atoms with Crippen LogP contribution in [0, 0.1) is 20.8 Å². The smallest absolute Gasteiger partial charge is 0.276 e. The summed E-state index contributed by atoms with van der Waals surface area (Å²) in [7, 11) is 0. The molecule has 0 fully saturated rings. The lowest BCUT2D eigenvalue weighted by molar-refractivity contribution is 0.102. The molecular weight excluding hydrogens is 310 g/mol. The number of amides is 1. The Kier molecular flexibility index (Phi) is 4.70. The molecule has 0 radical (unpaired) electrons. The van der Waals surface area contributed by atoms with E-state index in [1.807, 2.05) is 76.2 Å². The summed E-state index contributed by atoms with van der Waals surface area (Å²) in [4.78, 5) is 17.4. The first-order chi connectivity index (χ1) is 12.0. The number of rotatable bonds is 4. The van der Waals surface area contributed by atoms with Gasteiger partial charge in [-0.05, 0) is 50.1 Å². The van der Waals surface area contributed by atoms with Gasteiger partial charge in [-0.2, -0.15) is 0 Å². The number of benzene rings is 2. The van der Waals surface area contributed by atoms with Crippen LogP contribution in [0.3, 0.4) is 0 Å². The molecule has 3 rings (SSSR count). The number of nitrogens with zero attached hydrogens (tertiary/aromatic N) is 2. The Morgan fingerprint density at radius 3 is 2.44 bits per heavy atom. The standard InChI is InChI=1S/C21H23N3O/c1-5-19-23-20(16(4)24(19)17-11-7-6-8-12-17)21(25)22-18-13-9-10-14(2)15(18)3/h6-13H,5H2,1-4H3,(H,22,25). The van der Waals surface area contributed by atoms with Crippen LogP contribution in [0.25, 0.3) is 5.69 Å². The summed E-state index contributed by atoms with van der Waals surface area (Å²) >= 11 is 0. The third kappa shape index (κ3) is 3.20. The van der Waals surface area contributed by atoms with Gasteiger partial charge in [-0.25, -0.2) is 4.98 Å². The van der Waals surface area contributed by atoms with E-state index in [0.29, 0.717) is 5.69 Å². The SMILES string of the molecule is CCc1nc(C(=O)Nc2cccc(C)c2C)c(C)n1-c1ccccc1. The highest BCUT2D eigenvalue weighted by molar-refractivity contribution is 6.04. The largest absolute Gasteiger partial charge is 0.320 e. The number of nitrogens with one attached hydrogen (secondary N) is 1. The second kappa shape index (κ2) is 6.93. The van der Waals surface area contributed by atoms with E-state index in [2.05, 4.69) is 14.9 Å². The summed E-state index contributed by atoms with van der Waals surface area (Å²) in [6.07, 6.45) is 0.756. The van der Waals surface area contributed by atoms with Crippen LogP contribution in [0.1, 0.15) is 40.1 Å². The molecular formula is C21H23N3O. The van der Waals surface area contributed by atoms with Crippen molar-refractivity contribution in [3.8, 4) is 5.69 Å². The molecule has 0 saturated heterocycles. The molecule has 25 heavy (non-hydrogen) atoms. The van der Waals surface area contributed by atoms with Gasteiger partial charge in [-0.3, -0.25) is 4.79 Å². The molecule has 4 nitrogen and oxygen atoms in total. The lowest BCUT2D eigenvalue weighted by atomic mass is 10.1. The summed E-state index contributed by atoms with van der Waals surface area (Å²) < 4.78 is 2.05. The second-order valence-corrected chi connectivity index (χ2v) is 6.19. The average molecular weight is 333 g/mol. The lowest BCUT2D eigenvalue weighted by Crippen LogP contribution is -2.15. The van der Waals surface area contributed by atoms with Gasteiger partial charge in [0, 0.05) is 17.8 Å². The number of imidazole rings is 1. The molecule has 2 aromatic carbocycles. The molecule has 4 heteroatoms. The fourth-order valence-corrected chi connectivity index (χ4v) is 3.00. The van der Waals surface area contributed by atoms with Crippen molar-refractivity contribution in [2.45, 2.75) is 34.1 Å². The minimum Gasteiger partial charge on any atom is -0.320 e. The maximum absolute atomic E-state index is 12.8. The van der Waals surface area contributed by atoms with Gasteiger partial charge in [-0.15, -0.1) is 0 Å². The molecule has 0 aliphatic heterocycles. The van der Waals surface area contributed by atoms with Crippen LogP contribution in [0.4, 0.5) is 5.69 Å². The van der Waals surface area contributed by atoms with E-state index in [1.165, 1.54) is 0 Å². The van der Waals surface area contributed by atoms with E-state index in [1.54, 1.807) is 0 Å². The summed E-state index contributed by atoms with van der Waals surface area (Å²) in [5.74, 6) is 0.713. The molecule has 0 saturated carbocycles. The number of anilines is 1. The minimum absolute atomic E-state index is 0.171. The first kappa shape index (κ1) is 17.0. The molecule has 0 unspecified atom stereocenters. The van der Waals surface area contributed by atoms with Crippen molar-refractivity contribution in [1.29, 1.82) is 0 Å². The zero-order valence-electron chi connectivity index (χ0n) is 15.1. The first-order valence-electron chi connectivity index (χ1n) is 8.54. The van der Waals surface area contributed by atoms with Gasteiger partial charge in [0.15, 0.2) is 0 Å². The van der Waals surface area contributed by atoms with Crippen molar-refractivity contribution < 1.29 is 4.79 Å². The topological polar surface area (TPSA) is 46.9 Å². The third-order valence-corrected chi connectivity index (χ3v) is 4.58. The summed E-state index contributed by atoms with van der Waals surface area (Å²) in [5.41, 5.74) is 5.41. The molecule has 1 aromatic heterocycles. The normalized spacial score (nSPS) is 10.7. The van der Waals surface area contributed by atoms with Crippen LogP contribution in [0.5, 0.6) is 0 Å². The highest BCUT2D eigenvalue weighted by atomic mass is 16.1. The molecule has 1 heterocycles. The Hall–Kier alpha value is -2.88. The Morgan fingerprint density at radius 1 is 1.04 bits per heavy atom. The maximum Gasteiger partial charge on any atom is 0.276 e. The Labute approximate surface area is 148 Å². The van der Waals surface area contributed by atoms with Gasteiger partial charge < -0.3 is 9.88 Å². The predicted molar refractivity (Wildman–Crippen MR) is 102 cm³/mol. The van der Waals surface area contributed by atoms with Crippen LogP contribution >= 0.6 is 0 Å². The quantitative estimate of drug-likeness (QED) is 0.758. The fourth-order valence-electron chi connectivity index (χ4n) is 3.00. The molecule has 1 N–H and O–H groups in total. The second-order valence-electron chi connectivity index (χ2n) is 6.19. The van der Waals surface area contributed by atoms with Crippen molar-refractivity contribution in [1.82, 2.24) is 9.55 Å². The Bertz CT molecular complexity index is 910. The monoisotopic (exact) mass is 333 g/mol. The van der Waals surface area contributed by atoms with Gasteiger partial charge in [0.05, 0.1) is 5.69 Å². The van der Waals surface area contributed by atoms with Gasteiger partial charge in [0.1, 0.15) is 11.5 Å². The van der Waals surface area contributed by atoms with Crippen LogP contribution in [-0.2, 0) is 6.42 Å². The fraction of sp³-hybridized carbons (Fsp3) is 0.238. The minimum atomic E-state index is -0.171. The summed E-state index contributed by atoms with van der Waals surface area (Å²) in [5, 5.41) is 3.01. The molecule has 0 aliphatic rings.